The van der Waals surface area contributed by atoms with Crippen LogP contribution in [0.4, 0.5) is 0 Å². The van der Waals surface area contributed by atoms with Crippen molar-refractivity contribution in [3.63, 3.8) is 0 Å². The molecule has 1 atom stereocenters. The average Bonchev–Trinajstić information content (AvgIpc) is 2.97. The van der Waals surface area contributed by atoms with E-state index in [1.54, 1.807) is 0 Å². The Morgan fingerprint density at radius 1 is 0.524 bits per heavy atom. The molecule has 0 rings (SSSR count). The number of allylic oxidation sites excluding steroid dienone is 8. The Morgan fingerprint density at radius 2 is 0.952 bits per heavy atom. The summed E-state index contributed by atoms with van der Waals surface area (Å²) < 4.78 is 5.93. The minimum absolute atomic E-state index is 0.0390. The summed E-state index contributed by atoms with van der Waals surface area (Å²) in [6, 6.07) is 0. The van der Waals surface area contributed by atoms with E-state index in [4.69, 9.17) is 9.84 Å². The second-order valence-corrected chi connectivity index (χ2v) is 11.7. The summed E-state index contributed by atoms with van der Waals surface area (Å²) in [5.74, 6) is -0.733. The molecule has 0 aromatic carbocycles. The molecule has 0 amide bonds. The molecule has 0 aromatic heterocycles. The van der Waals surface area contributed by atoms with E-state index < -0.39 is 5.97 Å². The van der Waals surface area contributed by atoms with Gasteiger partial charge in [0.25, 0.3) is 0 Å². The van der Waals surface area contributed by atoms with Gasteiger partial charge in [-0.25, -0.2) is 0 Å². The lowest BCUT2D eigenvalue weighted by atomic mass is 10.0. The fourth-order valence-electron chi connectivity index (χ4n) is 4.94. The van der Waals surface area contributed by atoms with E-state index in [-0.39, 0.29) is 18.5 Å². The van der Waals surface area contributed by atoms with Crippen molar-refractivity contribution in [1.82, 2.24) is 0 Å². The zero-order valence-electron chi connectivity index (χ0n) is 27.5. The molecule has 1 N–H and O–H groups in total. The van der Waals surface area contributed by atoms with Gasteiger partial charge in [0.05, 0.1) is 0 Å². The molecule has 4 heteroatoms. The first-order valence-electron chi connectivity index (χ1n) is 17.6. The van der Waals surface area contributed by atoms with Gasteiger partial charge in [0.2, 0.25) is 0 Å². The van der Waals surface area contributed by atoms with E-state index in [0.717, 1.165) is 83.5 Å². The number of esters is 1. The molecule has 0 saturated carbocycles. The van der Waals surface area contributed by atoms with Gasteiger partial charge in [-0.3, -0.25) is 9.59 Å². The van der Waals surface area contributed by atoms with Crippen molar-refractivity contribution >= 4 is 11.9 Å². The predicted molar refractivity (Wildman–Crippen MR) is 181 cm³/mol. The van der Waals surface area contributed by atoms with Crippen LogP contribution in [0, 0.1) is 0 Å². The Labute approximate surface area is 260 Å². The molecule has 42 heavy (non-hydrogen) atoms. The average molecular weight is 587 g/mol. The molecule has 0 fully saturated rings. The standard InChI is InChI=1S/C38H66O4/c1-3-5-7-9-10-11-12-13-14-15-16-17-18-19-23-27-31-35-38(41)42-36(32-28-24-8-6-4-2)33-29-25-21-20-22-26-30-34-37(39)40/h10-11,13-14,16-17,19,23,36H,3-9,12,15,18,20-22,24-35H2,1-2H3,(H,39,40)/b11-10-,14-13-,17-16-,23-19-. The van der Waals surface area contributed by atoms with Gasteiger partial charge in [-0.2, -0.15) is 0 Å². The molecule has 0 aliphatic carbocycles. The Bertz CT molecular complexity index is 719. The Kier molecular flexibility index (Phi) is 31.7. The van der Waals surface area contributed by atoms with Crippen molar-refractivity contribution in [3.05, 3.63) is 48.6 Å². The summed E-state index contributed by atoms with van der Waals surface area (Å²) in [5, 5.41) is 8.72. The van der Waals surface area contributed by atoms with E-state index in [1.807, 2.05) is 0 Å². The summed E-state index contributed by atoms with van der Waals surface area (Å²) >= 11 is 0. The highest BCUT2D eigenvalue weighted by Gasteiger charge is 2.14. The van der Waals surface area contributed by atoms with Gasteiger partial charge in [-0.1, -0.05) is 133 Å². The third kappa shape index (κ3) is 32.4. The van der Waals surface area contributed by atoms with Crippen LogP contribution in [-0.2, 0) is 14.3 Å². The number of hydrogen-bond donors (Lipinski definition) is 1. The number of carbonyl (C=O) groups is 2. The zero-order chi connectivity index (χ0) is 30.8. The lowest BCUT2D eigenvalue weighted by Gasteiger charge is -2.18. The number of carboxylic acids is 1. The summed E-state index contributed by atoms with van der Waals surface area (Å²) in [5.41, 5.74) is 0. The highest BCUT2D eigenvalue weighted by Crippen LogP contribution is 2.18. The molecule has 0 aliphatic rings. The number of carboxylic acid groups (broad SMARTS) is 1. The number of aliphatic carboxylic acids is 1. The lowest BCUT2D eigenvalue weighted by molar-refractivity contribution is -0.150. The van der Waals surface area contributed by atoms with Crippen molar-refractivity contribution in [3.8, 4) is 0 Å². The summed E-state index contributed by atoms with van der Waals surface area (Å²) in [4.78, 5) is 23.1. The van der Waals surface area contributed by atoms with Gasteiger partial charge in [-0.15, -0.1) is 0 Å². The first-order valence-corrected chi connectivity index (χ1v) is 17.6. The fraction of sp³-hybridized carbons (Fsp3) is 0.737. The van der Waals surface area contributed by atoms with Gasteiger partial charge in [-0.05, 0) is 77.0 Å². The summed E-state index contributed by atoms with van der Waals surface area (Å²) in [7, 11) is 0. The highest BCUT2D eigenvalue weighted by atomic mass is 16.5. The van der Waals surface area contributed by atoms with Crippen LogP contribution in [0.2, 0.25) is 0 Å². The second kappa shape index (κ2) is 33.4. The minimum Gasteiger partial charge on any atom is -0.481 e. The van der Waals surface area contributed by atoms with Crippen LogP contribution in [0.1, 0.15) is 174 Å². The summed E-state index contributed by atoms with van der Waals surface area (Å²) in [6.07, 6.45) is 44.2. The molecule has 0 aliphatic heterocycles. The number of ether oxygens (including phenoxy) is 1. The molecule has 0 spiro atoms. The molecule has 1 unspecified atom stereocenters. The van der Waals surface area contributed by atoms with Crippen LogP contribution >= 0.6 is 0 Å². The number of unbranched alkanes of at least 4 members (excludes halogenated alkanes) is 14. The van der Waals surface area contributed by atoms with E-state index in [1.165, 1.54) is 64.2 Å². The molecule has 0 aromatic rings. The van der Waals surface area contributed by atoms with E-state index in [2.05, 4.69) is 62.5 Å². The van der Waals surface area contributed by atoms with Crippen molar-refractivity contribution < 1.29 is 19.4 Å². The molecular weight excluding hydrogens is 520 g/mol. The normalized spacial score (nSPS) is 12.8. The van der Waals surface area contributed by atoms with E-state index >= 15 is 0 Å². The minimum atomic E-state index is -0.694. The first kappa shape index (κ1) is 39.9. The van der Waals surface area contributed by atoms with Crippen molar-refractivity contribution in [2.24, 2.45) is 0 Å². The Balaban J connectivity index is 4.03. The molecule has 242 valence electrons. The Hall–Kier alpha value is -2.10. The van der Waals surface area contributed by atoms with E-state index in [9.17, 15) is 9.59 Å². The third-order valence-electron chi connectivity index (χ3n) is 7.55. The fourth-order valence-corrected chi connectivity index (χ4v) is 4.94. The van der Waals surface area contributed by atoms with Gasteiger partial charge >= 0.3 is 11.9 Å². The number of carbonyl (C=O) groups excluding carboxylic acids is 1. The second-order valence-electron chi connectivity index (χ2n) is 11.7. The predicted octanol–water partition coefficient (Wildman–Crippen LogP) is 12.0. The molecule has 0 radical (unpaired) electrons. The maximum Gasteiger partial charge on any atom is 0.306 e. The largest absolute Gasteiger partial charge is 0.481 e. The number of hydrogen-bond acceptors (Lipinski definition) is 3. The van der Waals surface area contributed by atoms with Crippen LogP contribution in [0.25, 0.3) is 0 Å². The van der Waals surface area contributed by atoms with Gasteiger partial charge in [0.1, 0.15) is 6.10 Å². The molecular formula is C38H66O4. The lowest BCUT2D eigenvalue weighted by Crippen LogP contribution is -2.18. The van der Waals surface area contributed by atoms with E-state index in [0.29, 0.717) is 6.42 Å². The van der Waals surface area contributed by atoms with Crippen molar-refractivity contribution in [2.75, 3.05) is 0 Å². The smallest absolute Gasteiger partial charge is 0.306 e. The van der Waals surface area contributed by atoms with Crippen LogP contribution in [0.5, 0.6) is 0 Å². The molecule has 0 bridgehead atoms. The topological polar surface area (TPSA) is 63.6 Å². The SMILES string of the molecule is CCCCC/C=C\C/C=C\C/C=C\C/C=C\CCCC(=O)OC(CCCCCCC)CCCCCCCCCC(=O)O. The highest BCUT2D eigenvalue weighted by molar-refractivity contribution is 5.69. The van der Waals surface area contributed by atoms with Gasteiger partial charge in [0.15, 0.2) is 0 Å². The van der Waals surface area contributed by atoms with Crippen LogP contribution in [0.3, 0.4) is 0 Å². The van der Waals surface area contributed by atoms with Crippen LogP contribution in [-0.4, -0.2) is 23.1 Å². The monoisotopic (exact) mass is 586 g/mol. The van der Waals surface area contributed by atoms with Crippen LogP contribution < -0.4 is 0 Å². The summed E-state index contributed by atoms with van der Waals surface area (Å²) in [6.45, 7) is 4.48. The maximum absolute atomic E-state index is 12.5. The van der Waals surface area contributed by atoms with Crippen molar-refractivity contribution in [2.45, 2.75) is 180 Å². The van der Waals surface area contributed by atoms with Crippen LogP contribution in [0.15, 0.2) is 48.6 Å². The van der Waals surface area contributed by atoms with Crippen molar-refractivity contribution in [1.29, 1.82) is 0 Å². The number of rotatable bonds is 31. The van der Waals surface area contributed by atoms with Gasteiger partial charge < -0.3 is 9.84 Å². The maximum atomic E-state index is 12.5. The molecule has 4 nitrogen and oxygen atoms in total. The Morgan fingerprint density at radius 3 is 1.48 bits per heavy atom. The quantitative estimate of drug-likeness (QED) is 0.0498. The zero-order valence-corrected chi connectivity index (χ0v) is 27.5. The third-order valence-corrected chi connectivity index (χ3v) is 7.55. The van der Waals surface area contributed by atoms with Gasteiger partial charge in [0, 0.05) is 12.8 Å². The first-order chi connectivity index (χ1) is 20.6. The molecule has 0 saturated heterocycles. The molecule has 0 heterocycles.